The van der Waals surface area contributed by atoms with Crippen LogP contribution < -0.4 is 0 Å². The van der Waals surface area contributed by atoms with Crippen LogP contribution in [-0.2, 0) is 5.41 Å². The molecule has 2 unspecified atom stereocenters. The molecule has 0 aliphatic heterocycles. The van der Waals surface area contributed by atoms with E-state index in [1.807, 2.05) is 6.07 Å². The lowest BCUT2D eigenvalue weighted by atomic mass is 9.72. The highest BCUT2D eigenvalue weighted by molar-refractivity contribution is 5.31. The Bertz CT molecular complexity index is 381. The summed E-state index contributed by atoms with van der Waals surface area (Å²) < 4.78 is 13.2. The number of hydrogen-bond acceptors (Lipinski definition) is 0. The van der Waals surface area contributed by atoms with Gasteiger partial charge in [-0.25, -0.2) is 4.39 Å². The van der Waals surface area contributed by atoms with Crippen molar-refractivity contribution in [3.8, 4) is 0 Å². The Hall–Kier alpha value is -1.11. The maximum atomic E-state index is 13.2. The summed E-state index contributed by atoms with van der Waals surface area (Å²) in [7, 11) is 0. The van der Waals surface area contributed by atoms with Crippen LogP contribution in [0.25, 0.3) is 0 Å². The molecule has 0 spiro atoms. The molecular weight excluding hydrogens is 187 g/mol. The summed E-state index contributed by atoms with van der Waals surface area (Å²) in [6.45, 7) is 4.44. The van der Waals surface area contributed by atoms with E-state index in [9.17, 15) is 4.39 Å². The molecule has 0 saturated carbocycles. The lowest BCUT2D eigenvalue weighted by Gasteiger charge is -2.33. The highest BCUT2D eigenvalue weighted by Crippen LogP contribution is 2.37. The molecule has 1 aromatic rings. The van der Waals surface area contributed by atoms with Gasteiger partial charge in [-0.15, -0.1) is 0 Å². The molecule has 15 heavy (non-hydrogen) atoms. The van der Waals surface area contributed by atoms with Gasteiger partial charge in [0.1, 0.15) is 5.82 Å². The first-order chi connectivity index (χ1) is 7.10. The van der Waals surface area contributed by atoms with Crippen molar-refractivity contribution < 1.29 is 4.39 Å². The number of hydrogen-bond donors (Lipinski definition) is 0. The van der Waals surface area contributed by atoms with Gasteiger partial charge in [-0.3, -0.25) is 0 Å². The van der Waals surface area contributed by atoms with Crippen LogP contribution in [-0.4, -0.2) is 0 Å². The fourth-order valence-electron chi connectivity index (χ4n) is 2.49. The van der Waals surface area contributed by atoms with Crippen LogP contribution in [0.5, 0.6) is 0 Å². The average molecular weight is 204 g/mol. The molecule has 1 heteroatoms. The molecule has 2 atom stereocenters. The van der Waals surface area contributed by atoms with Crippen molar-refractivity contribution in [1.82, 2.24) is 0 Å². The Labute approximate surface area is 90.8 Å². The van der Waals surface area contributed by atoms with Crippen molar-refractivity contribution >= 4 is 0 Å². The van der Waals surface area contributed by atoms with Crippen LogP contribution in [0.4, 0.5) is 4.39 Å². The highest BCUT2D eigenvalue weighted by atomic mass is 19.1. The second-order valence-electron chi connectivity index (χ2n) is 4.88. The molecule has 1 aromatic carbocycles. The minimum absolute atomic E-state index is 0.0137. The Morgan fingerprint density at radius 3 is 2.87 bits per heavy atom. The van der Waals surface area contributed by atoms with Gasteiger partial charge in [0, 0.05) is 5.41 Å². The summed E-state index contributed by atoms with van der Waals surface area (Å²) in [6.07, 6.45) is 6.69. The molecule has 0 amide bonds. The third-order valence-electron chi connectivity index (χ3n) is 3.28. The van der Waals surface area contributed by atoms with Crippen LogP contribution >= 0.6 is 0 Å². The summed E-state index contributed by atoms with van der Waals surface area (Å²) >= 11 is 0. The fourth-order valence-corrected chi connectivity index (χ4v) is 2.49. The smallest absolute Gasteiger partial charge is 0.123 e. The third-order valence-corrected chi connectivity index (χ3v) is 3.28. The number of allylic oxidation sites excluding steroid dienone is 2. The fraction of sp³-hybridized carbons (Fsp3) is 0.429. The Kier molecular flexibility index (Phi) is 2.64. The normalized spacial score (nSPS) is 30.5. The number of rotatable bonds is 1. The molecule has 0 saturated heterocycles. The average Bonchev–Trinajstić information content (AvgIpc) is 2.17. The molecule has 0 N–H and O–H groups in total. The predicted molar refractivity (Wildman–Crippen MR) is 61.3 cm³/mol. The Balaban J connectivity index is 2.36. The van der Waals surface area contributed by atoms with E-state index >= 15 is 0 Å². The van der Waals surface area contributed by atoms with Gasteiger partial charge in [-0.2, -0.15) is 0 Å². The van der Waals surface area contributed by atoms with E-state index in [-0.39, 0.29) is 11.2 Å². The van der Waals surface area contributed by atoms with Gasteiger partial charge in [-0.1, -0.05) is 38.1 Å². The summed E-state index contributed by atoms with van der Waals surface area (Å²) in [5.41, 5.74) is 1.10. The number of benzene rings is 1. The standard InChI is InChI=1S/C14H17F/c1-11-5-4-8-14(2,10-11)12-6-3-7-13(15)9-12/h3-4,6-9,11H,5,10H2,1-2H3. The zero-order valence-corrected chi connectivity index (χ0v) is 9.33. The van der Waals surface area contributed by atoms with E-state index in [1.165, 1.54) is 6.07 Å². The van der Waals surface area contributed by atoms with Crippen molar-refractivity contribution in [2.24, 2.45) is 5.92 Å². The summed E-state index contributed by atoms with van der Waals surface area (Å²) in [5.74, 6) is 0.545. The van der Waals surface area contributed by atoms with Gasteiger partial charge < -0.3 is 0 Å². The molecule has 0 nitrogen and oxygen atoms in total. The van der Waals surface area contributed by atoms with Gasteiger partial charge in [-0.05, 0) is 36.5 Å². The molecule has 0 fully saturated rings. The van der Waals surface area contributed by atoms with Gasteiger partial charge >= 0.3 is 0 Å². The zero-order chi connectivity index (χ0) is 10.9. The molecule has 0 bridgehead atoms. The van der Waals surface area contributed by atoms with Gasteiger partial charge in [0.05, 0.1) is 0 Å². The molecule has 0 heterocycles. The van der Waals surface area contributed by atoms with Crippen molar-refractivity contribution in [3.05, 3.63) is 47.8 Å². The first kappa shape index (κ1) is 10.4. The maximum absolute atomic E-state index is 13.2. The minimum atomic E-state index is -0.139. The molecule has 0 radical (unpaired) electrons. The van der Waals surface area contributed by atoms with E-state index in [0.717, 1.165) is 18.4 Å². The lowest BCUT2D eigenvalue weighted by Crippen LogP contribution is -2.25. The molecule has 1 aliphatic carbocycles. The first-order valence-electron chi connectivity index (χ1n) is 5.54. The summed E-state index contributed by atoms with van der Waals surface area (Å²) in [6, 6.07) is 6.97. The van der Waals surface area contributed by atoms with Gasteiger partial charge in [0.2, 0.25) is 0 Å². The third kappa shape index (κ3) is 2.11. The largest absolute Gasteiger partial charge is 0.207 e. The summed E-state index contributed by atoms with van der Waals surface area (Å²) in [4.78, 5) is 0. The molecular formula is C14H17F. The van der Waals surface area contributed by atoms with Crippen LogP contribution in [0.3, 0.4) is 0 Å². The van der Waals surface area contributed by atoms with Crippen LogP contribution in [0.1, 0.15) is 32.3 Å². The second kappa shape index (κ2) is 3.80. The summed E-state index contributed by atoms with van der Waals surface area (Å²) in [5, 5.41) is 0. The highest BCUT2D eigenvalue weighted by Gasteiger charge is 2.28. The first-order valence-corrected chi connectivity index (χ1v) is 5.54. The SMILES string of the molecule is CC1CC=CC(C)(c2cccc(F)c2)C1. The van der Waals surface area contributed by atoms with Crippen LogP contribution in [0, 0.1) is 11.7 Å². The Morgan fingerprint density at radius 1 is 1.40 bits per heavy atom. The molecule has 80 valence electrons. The van der Waals surface area contributed by atoms with Crippen molar-refractivity contribution in [2.45, 2.75) is 32.1 Å². The molecule has 0 aromatic heterocycles. The monoisotopic (exact) mass is 204 g/mol. The van der Waals surface area contributed by atoms with Gasteiger partial charge in [0.15, 0.2) is 0 Å². The number of halogens is 1. The Morgan fingerprint density at radius 2 is 2.20 bits per heavy atom. The second-order valence-corrected chi connectivity index (χ2v) is 4.88. The minimum Gasteiger partial charge on any atom is -0.207 e. The van der Waals surface area contributed by atoms with Crippen LogP contribution in [0.15, 0.2) is 36.4 Å². The van der Waals surface area contributed by atoms with Crippen LogP contribution in [0.2, 0.25) is 0 Å². The molecule has 2 rings (SSSR count). The van der Waals surface area contributed by atoms with E-state index in [0.29, 0.717) is 5.92 Å². The van der Waals surface area contributed by atoms with E-state index in [1.54, 1.807) is 12.1 Å². The maximum Gasteiger partial charge on any atom is 0.123 e. The topological polar surface area (TPSA) is 0 Å². The quantitative estimate of drug-likeness (QED) is 0.605. The molecule has 1 aliphatic rings. The zero-order valence-electron chi connectivity index (χ0n) is 9.33. The van der Waals surface area contributed by atoms with E-state index < -0.39 is 0 Å². The lowest BCUT2D eigenvalue weighted by molar-refractivity contribution is 0.394. The van der Waals surface area contributed by atoms with Gasteiger partial charge in [0.25, 0.3) is 0 Å². The predicted octanol–water partition coefficient (Wildman–Crippen LogP) is 4.07. The van der Waals surface area contributed by atoms with E-state index in [4.69, 9.17) is 0 Å². The van der Waals surface area contributed by atoms with E-state index in [2.05, 4.69) is 26.0 Å². The van der Waals surface area contributed by atoms with Crippen molar-refractivity contribution in [3.63, 3.8) is 0 Å². The van der Waals surface area contributed by atoms with Crippen molar-refractivity contribution in [2.75, 3.05) is 0 Å². The van der Waals surface area contributed by atoms with Crippen molar-refractivity contribution in [1.29, 1.82) is 0 Å².